The van der Waals surface area contributed by atoms with Gasteiger partial charge in [-0.3, -0.25) is 14.7 Å². The molecule has 2 N–H and O–H groups in total. The van der Waals surface area contributed by atoms with E-state index in [1.807, 2.05) is 6.92 Å². The van der Waals surface area contributed by atoms with Crippen molar-refractivity contribution >= 4 is 11.7 Å². The van der Waals surface area contributed by atoms with Gasteiger partial charge in [0.2, 0.25) is 0 Å². The van der Waals surface area contributed by atoms with Gasteiger partial charge in [-0.2, -0.15) is 5.10 Å². The second-order valence-electron chi connectivity index (χ2n) is 5.16. The van der Waals surface area contributed by atoms with Gasteiger partial charge in [0.05, 0.1) is 6.04 Å². The van der Waals surface area contributed by atoms with Crippen LogP contribution in [0.25, 0.3) is 0 Å². The number of carbonyl (C=O) groups excluding carboxylic acids is 2. The Hall–Kier alpha value is -2.70. The third-order valence-corrected chi connectivity index (χ3v) is 3.25. The number of ketones is 1. The minimum atomic E-state index is -0.305. The lowest BCUT2D eigenvalue weighted by Gasteiger charge is -2.11. The van der Waals surface area contributed by atoms with Gasteiger partial charge in [-0.25, -0.2) is 4.98 Å². The first kappa shape index (κ1) is 16.7. The van der Waals surface area contributed by atoms with Gasteiger partial charge in [-0.1, -0.05) is 6.92 Å². The van der Waals surface area contributed by atoms with Gasteiger partial charge in [-0.15, -0.1) is 0 Å². The number of aromatic amines is 1. The molecule has 1 amide bonds. The Morgan fingerprint density at radius 1 is 1.30 bits per heavy atom. The lowest BCUT2D eigenvalue weighted by Crippen LogP contribution is -2.31. The molecular weight excluding hydrogens is 296 g/mol. The molecule has 0 bridgehead atoms. The van der Waals surface area contributed by atoms with Crippen molar-refractivity contribution in [3.05, 3.63) is 41.5 Å². The normalized spacial score (nSPS) is 11.8. The molecule has 0 fully saturated rings. The van der Waals surface area contributed by atoms with Crippen molar-refractivity contribution in [3.63, 3.8) is 0 Å². The van der Waals surface area contributed by atoms with Crippen LogP contribution in [0, 0.1) is 6.92 Å². The first-order valence-corrected chi connectivity index (χ1v) is 7.44. The number of hydrogen-bond donors (Lipinski definition) is 2. The first-order valence-electron chi connectivity index (χ1n) is 7.44. The largest absolute Gasteiger partial charge is 0.484 e. The number of H-pyrrole nitrogens is 1. The summed E-state index contributed by atoms with van der Waals surface area (Å²) in [4.78, 5) is 27.6. The average Bonchev–Trinajstić information content (AvgIpc) is 2.99. The molecular formula is C16H20N4O3. The summed E-state index contributed by atoms with van der Waals surface area (Å²) in [7, 11) is 0. The van der Waals surface area contributed by atoms with E-state index in [2.05, 4.69) is 20.5 Å². The number of ether oxygens (including phenoxy) is 1. The van der Waals surface area contributed by atoms with Gasteiger partial charge in [0, 0.05) is 12.0 Å². The van der Waals surface area contributed by atoms with Gasteiger partial charge >= 0.3 is 0 Å². The van der Waals surface area contributed by atoms with Gasteiger partial charge in [0.1, 0.15) is 11.6 Å². The highest BCUT2D eigenvalue weighted by Gasteiger charge is 2.14. The zero-order chi connectivity index (χ0) is 16.8. The van der Waals surface area contributed by atoms with Crippen LogP contribution in [0.4, 0.5) is 0 Å². The molecule has 7 heteroatoms. The maximum Gasteiger partial charge on any atom is 0.258 e. The minimum absolute atomic E-state index is 0.0740. The Morgan fingerprint density at radius 2 is 2.00 bits per heavy atom. The maximum absolute atomic E-state index is 11.9. The lowest BCUT2D eigenvalue weighted by atomic mass is 10.1. The highest BCUT2D eigenvalue weighted by molar-refractivity contribution is 5.95. The van der Waals surface area contributed by atoms with E-state index in [0.29, 0.717) is 29.4 Å². The van der Waals surface area contributed by atoms with Crippen LogP contribution in [0.3, 0.4) is 0 Å². The number of hydrogen-bond acceptors (Lipinski definition) is 5. The van der Waals surface area contributed by atoms with E-state index in [0.717, 1.165) is 0 Å². The monoisotopic (exact) mass is 316 g/mol. The Kier molecular flexibility index (Phi) is 5.46. The second kappa shape index (κ2) is 7.53. The van der Waals surface area contributed by atoms with Crippen LogP contribution in [0.5, 0.6) is 5.75 Å². The van der Waals surface area contributed by atoms with Gasteiger partial charge in [0.25, 0.3) is 5.91 Å². The summed E-state index contributed by atoms with van der Waals surface area (Å²) in [5, 5.41) is 9.48. The van der Waals surface area contributed by atoms with E-state index in [9.17, 15) is 9.59 Å². The molecule has 0 aliphatic heterocycles. The highest BCUT2D eigenvalue weighted by atomic mass is 16.5. The number of nitrogens with zero attached hydrogens (tertiary/aromatic N) is 2. The molecule has 7 nitrogen and oxygen atoms in total. The molecule has 1 atom stereocenters. The van der Waals surface area contributed by atoms with Crippen molar-refractivity contribution in [2.75, 3.05) is 6.61 Å². The van der Waals surface area contributed by atoms with E-state index in [-0.39, 0.29) is 24.3 Å². The van der Waals surface area contributed by atoms with Crippen molar-refractivity contribution in [1.29, 1.82) is 0 Å². The molecule has 2 aromatic rings. The third-order valence-electron chi connectivity index (χ3n) is 3.25. The molecule has 0 unspecified atom stereocenters. The van der Waals surface area contributed by atoms with Crippen molar-refractivity contribution in [2.24, 2.45) is 0 Å². The van der Waals surface area contributed by atoms with Crippen molar-refractivity contribution < 1.29 is 14.3 Å². The quantitative estimate of drug-likeness (QED) is 0.761. The Morgan fingerprint density at radius 3 is 2.57 bits per heavy atom. The molecule has 1 aromatic heterocycles. The standard InChI is InChI=1S/C16H20N4O3/c1-4-14(21)12-5-7-13(8-6-12)23-9-15(22)17-10(2)16-18-11(3)19-20-16/h5-8,10H,4,9H2,1-3H3,(H,17,22)(H,18,19,20)/t10-/m0/s1. The zero-order valence-corrected chi connectivity index (χ0v) is 13.4. The minimum Gasteiger partial charge on any atom is -0.484 e. The second-order valence-corrected chi connectivity index (χ2v) is 5.16. The fraction of sp³-hybridized carbons (Fsp3) is 0.375. The molecule has 122 valence electrons. The van der Waals surface area contributed by atoms with E-state index >= 15 is 0 Å². The summed E-state index contributed by atoms with van der Waals surface area (Å²) in [6, 6.07) is 6.44. The van der Waals surface area contributed by atoms with Crippen molar-refractivity contribution in [1.82, 2.24) is 20.5 Å². The van der Waals surface area contributed by atoms with Crippen molar-refractivity contribution in [2.45, 2.75) is 33.2 Å². The zero-order valence-electron chi connectivity index (χ0n) is 13.4. The van der Waals surface area contributed by atoms with Crippen LogP contribution in [0.15, 0.2) is 24.3 Å². The number of aryl methyl sites for hydroxylation is 1. The highest BCUT2D eigenvalue weighted by Crippen LogP contribution is 2.13. The number of rotatable bonds is 7. The summed E-state index contributed by atoms with van der Waals surface area (Å²) < 4.78 is 5.41. The molecule has 1 heterocycles. The van der Waals surface area contributed by atoms with Crippen molar-refractivity contribution in [3.8, 4) is 5.75 Å². The summed E-state index contributed by atoms with van der Waals surface area (Å²) in [5.41, 5.74) is 0.637. The number of amides is 1. The number of benzene rings is 1. The Bertz CT molecular complexity index is 679. The Balaban J connectivity index is 1.83. The molecule has 0 aliphatic carbocycles. The molecule has 0 saturated heterocycles. The van der Waals surface area contributed by atoms with Crippen LogP contribution < -0.4 is 10.1 Å². The average molecular weight is 316 g/mol. The number of Topliss-reactive ketones (excluding diaryl/α,β-unsaturated/α-hetero) is 1. The smallest absolute Gasteiger partial charge is 0.258 e. The number of carbonyl (C=O) groups is 2. The summed E-state index contributed by atoms with van der Waals surface area (Å²) >= 11 is 0. The van der Waals surface area contributed by atoms with E-state index < -0.39 is 0 Å². The van der Waals surface area contributed by atoms with Crippen LogP contribution in [-0.4, -0.2) is 33.5 Å². The lowest BCUT2D eigenvalue weighted by molar-refractivity contribution is -0.123. The molecule has 1 aromatic carbocycles. The SMILES string of the molecule is CCC(=O)c1ccc(OCC(=O)N[C@@H](C)c2n[nH]c(C)n2)cc1. The first-order chi connectivity index (χ1) is 11.0. The number of nitrogens with one attached hydrogen (secondary N) is 2. The molecule has 0 radical (unpaired) electrons. The van der Waals surface area contributed by atoms with Crippen LogP contribution in [0.2, 0.25) is 0 Å². The molecule has 2 rings (SSSR count). The third kappa shape index (κ3) is 4.64. The van der Waals surface area contributed by atoms with Gasteiger partial charge < -0.3 is 10.1 Å². The summed E-state index contributed by atoms with van der Waals surface area (Å²) in [6.45, 7) is 5.29. The van der Waals surface area contributed by atoms with Crippen LogP contribution in [0.1, 0.15) is 48.3 Å². The van der Waals surface area contributed by atoms with E-state index in [4.69, 9.17) is 4.74 Å². The predicted molar refractivity (Wildman–Crippen MR) is 84.2 cm³/mol. The summed E-state index contributed by atoms with van der Waals surface area (Å²) in [6.07, 6.45) is 0.460. The fourth-order valence-corrected chi connectivity index (χ4v) is 1.99. The topological polar surface area (TPSA) is 97.0 Å². The predicted octanol–water partition coefficient (Wildman–Crippen LogP) is 1.96. The van der Waals surface area contributed by atoms with Crippen LogP contribution >= 0.6 is 0 Å². The van der Waals surface area contributed by atoms with E-state index in [1.54, 1.807) is 38.1 Å². The van der Waals surface area contributed by atoms with Gasteiger partial charge in [0.15, 0.2) is 18.2 Å². The summed E-state index contributed by atoms with van der Waals surface area (Å²) in [5.74, 6) is 1.56. The molecule has 0 saturated carbocycles. The fourth-order valence-electron chi connectivity index (χ4n) is 1.99. The molecule has 0 aliphatic rings. The maximum atomic E-state index is 11.9. The number of aromatic nitrogens is 3. The van der Waals surface area contributed by atoms with Crippen LogP contribution in [-0.2, 0) is 4.79 Å². The Labute approximate surface area is 134 Å². The molecule has 0 spiro atoms. The van der Waals surface area contributed by atoms with E-state index in [1.165, 1.54) is 0 Å². The molecule has 23 heavy (non-hydrogen) atoms. The van der Waals surface area contributed by atoms with Gasteiger partial charge in [-0.05, 0) is 38.1 Å².